The average molecular weight is 248 g/mol. The number of nitro benzene ring substituents is 1. The summed E-state index contributed by atoms with van der Waals surface area (Å²) in [6.45, 7) is 1.74. The topological polar surface area (TPSA) is 43.1 Å². The Morgan fingerprint density at radius 2 is 2.23 bits per heavy atom. The Kier molecular flexibility index (Phi) is 2.98. The van der Waals surface area contributed by atoms with Crippen LogP contribution in [0.2, 0.25) is 0 Å². The molecule has 1 aromatic carbocycles. The van der Waals surface area contributed by atoms with E-state index in [2.05, 4.69) is 15.9 Å². The van der Waals surface area contributed by atoms with Gasteiger partial charge in [-0.2, -0.15) is 0 Å². The molecule has 70 valence electrons. The summed E-state index contributed by atoms with van der Waals surface area (Å²) < 4.78 is 13.0. The Bertz CT molecular complexity index is 354. The van der Waals surface area contributed by atoms with Gasteiger partial charge in [0.05, 0.1) is 9.40 Å². The highest BCUT2D eigenvalue weighted by Crippen LogP contribution is 2.30. The van der Waals surface area contributed by atoms with Crippen molar-refractivity contribution in [1.82, 2.24) is 0 Å². The van der Waals surface area contributed by atoms with Gasteiger partial charge in [-0.3, -0.25) is 10.1 Å². The summed E-state index contributed by atoms with van der Waals surface area (Å²) in [6.07, 6.45) is 0.437. The third kappa shape index (κ3) is 2.03. The highest BCUT2D eigenvalue weighted by Gasteiger charge is 2.18. The smallest absolute Gasteiger partial charge is 0.258 e. The Hall–Kier alpha value is -0.970. The normalized spacial score (nSPS) is 10.1. The van der Waals surface area contributed by atoms with E-state index in [9.17, 15) is 14.5 Å². The van der Waals surface area contributed by atoms with E-state index in [0.29, 0.717) is 12.0 Å². The van der Waals surface area contributed by atoms with E-state index in [-0.39, 0.29) is 10.2 Å². The van der Waals surface area contributed by atoms with E-state index in [4.69, 9.17) is 0 Å². The van der Waals surface area contributed by atoms with Gasteiger partial charge >= 0.3 is 0 Å². The van der Waals surface area contributed by atoms with Gasteiger partial charge in [-0.1, -0.05) is 6.92 Å². The third-order valence-electron chi connectivity index (χ3n) is 1.67. The minimum absolute atomic E-state index is 0.0519. The Morgan fingerprint density at radius 1 is 1.62 bits per heavy atom. The van der Waals surface area contributed by atoms with Gasteiger partial charge in [-0.05, 0) is 34.5 Å². The first kappa shape index (κ1) is 10.1. The molecule has 0 bridgehead atoms. The zero-order valence-corrected chi connectivity index (χ0v) is 8.47. The first-order valence-corrected chi connectivity index (χ1v) is 4.48. The van der Waals surface area contributed by atoms with Crippen molar-refractivity contribution in [3.05, 3.63) is 38.1 Å². The van der Waals surface area contributed by atoms with Crippen LogP contribution in [0, 0.1) is 15.9 Å². The molecule has 13 heavy (non-hydrogen) atoms. The van der Waals surface area contributed by atoms with E-state index in [1.807, 2.05) is 0 Å². The lowest BCUT2D eigenvalue weighted by Gasteiger charge is -2.01. The molecule has 0 radical (unpaired) electrons. The number of hydrogen-bond acceptors (Lipinski definition) is 2. The minimum Gasteiger partial charge on any atom is -0.258 e. The molecular formula is C8H7BrFNO2. The van der Waals surface area contributed by atoms with Crippen LogP contribution in [0.3, 0.4) is 0 Å². The van der Waals surface area contributed by atoms with Crippen LogP contribution >= 0.6 is 15.9 Å². The fourth-order valence-electron chi connectivity index (χ4n) is 1.09. The summed E-state index contributed by atoms with van der Waals surface area (Å²) in [5.41, 5.74) is 0.348. The molecule has 0 fully saturated rings. The second kappa shape index (κ2) is 3.83. The maximum atomic E-state index is 12.8. The molecule has 0 N–H and O–H groups in total. The second-order valence-corrected chi connectivity index (χ2v) is 3.36. The Labute approximate surface area is 82.8 Å². The number of nitro groups is 1. The first-order valence-electron chi connectivity index (χ1n) is 3.68. The molecule has 0 aliphatic carbocycles. The molecule has 0 unspecified atom stereocenters. The first-order chi connectivity index (χ1) is 6.06. The highest BCUT2D eigenvalue weighted by molar-refractivity contribution is 9.10. The molecule has 0 aliphatic rings. The van der Waals surface area contributed by atoms with Crippen molar-refractivity contribution in [3.63, 3.8) is 0 Å². The van der Waals surface area contributed by atoms with Gasteiger partial charge in [0.1, 0.15) is 5.82 Å². The van der Waals surface area contributed by atoms with Gasteiger partial charge in [0.25, 0.3) is 5.69 Å². The quantitative estimate of drug-likeness (QED) is 0.596. The van der Waals surface area contributed by atoms with Crippen LogP contribution in [0.5, 0.6) is 0 Å². The van der Waals surface area contributed by atoms with Crippen LogP contribution in [-0.4, -0.2) is 4.92 Å². The van der Waals surface area contributed by atoms with E-state index in [1.165, 1.54) is 6.07 Å². The zero-order chi connectivity index (χ0) is 10.0. The molecule has 0 saturated carbocycles. The summed E-state index contributed by atoms with van der Waals surface area (Å²) in [6, 6.07) is 2.28. The molecule has 1 rings (SSSR count). The predicted molar refractivity (Wildman–Crippen MR) is 50.1 cm³/mol. The van der Waals surface area contributed by atoms with Crippen molar-refractivity contribution in [3.8, 4) is 0 Å². The van der Waals surface area contributed by atoms with Crippen molar-refractivity contribution < 1.29 is 9.31 Å². The summed E-state index contributed by atoms with van der Waals surface area (Å²) in [7, 11) is 0. The lowest BCUT2D eigenvalue weighted by Crippen LogP contribution is -1.96. The molecule has 0 spiro atoms. The lowest BCUT2D eigenvalue weighted by atomic mass is 10.1. The fraction of sp³-hybridized carbons (Fsp3) is 0.250. The largest absolute Gasteiger partial charge is 0.286 e. The molecular weight excluding hydrogens is 241 g/mol. The number of nitrogens with zero attached hydrogens (tertiary/aromatic N) is 1. The lowest BCUT2D eigenvalue weighted by molar-refractivity contribution is -0.386. The summed E-state index contributed by atoms with van der Waals surface area (Å²) in [4.78, 5) is 10.1. The van der Waals surface area contributed by atoms with Crippen molar-refractivity contribution in [2.75, 3.05) is 0 Å². The Morgan fingerprint density at radius 3 is 2.69 bits per heavy atom. The van der Waals surface area contributed by atoms with Crippen LogP contribution in [0.15, 0.2) is 16.6 Å². The maximum absolute atomic E-state index is 12.8. The zero-order valence-electron chi connectivity index (χ0n) is 6.88. The van der Waals surface area contributed by atoms with Crippen molar-refractivity contribution in [2.45, 2.75) is 13.3 Å². The standard InChI is InChI=1S/C8H7BrFNO2/c1-2-5-3-6(10)4-7(9)8(5)11(12)13/h3-4H,2H2,1H3. The average Bonchev–Trinajstić information content (AvgIpc) is 2.01. The molecule has 5 heteroatoms. The van der Waals surface area contributed by atoms with Gasteiger partial charge in [0.2, 0.25) is 0 Å². The van der Waals surface area contributed by atoms with E-state index in [1.54, 1.807) is 6.92 Å². The van der Waals surface area contributed by atoms with Crippen LogP contribution < -0.4 is 0 Å². The molecule has 0 aromatic heterocycles. The fourth-order valence-corrected chi connectivity index (χ4v) is 1.71. The maximum Gasteiger partial charge on any atom is 0.286 e. The SMILES string of the molecule is CCc1cc(F)cc(Br)c1[N+](=O)[O-]. The van der Waals surface area contributed by atoms with Crippen molar-refractivity contribution in [2.24, 2.45) is 0 Å². The number of halogens is 2. The molecule has 0 amide bonds. The van der Waals surface area contributed by atoms with Gasteiger partial charge in [0.15, 0.2) is 0 Å². The number of aryl methyl sites for hydroxylation is 1. The third-order valence-corrected chi connectivity index (χ3v) is 2.28. The molecule has 1 aromatic rings. The minimum atomic E-state index is -0.512. The summed E-state index contributed by atoms with van der Waals surface area (Å²) in [5.74, 6) is -0.464. The highest BCUT2D eigenvalue weighted by atomic mass is 79.9. The number of hydrogen-bond donors (Lipinski definition) is 0. The van der Waals surface area contributed by atoms with Crippen LogP contribution in [0.25, 0.3) is 0 Å². The molecule has 0 heterocycles. The van der Waals surface area contributed by atoms with Gasteiger partial charge in [-0.15, -0.1) is 0 Å². The number of benzene rings is 1. The van der Waals surface area contributed by atoms with E-state index >= 15 is 0 Å². The molecule has 0 saturated heterocycles. The van der Waals surface area contributed by atoms with Crippen LogP contribution in [0.4, 0.5) is 10.1 Å². The molecule has 0 aliphatic heterocycles. The van der Waals surface area contributed by atoms with Gasteiger partial charge in [0, 0.05) is 5.56 Å². The van der Waals surface area contributed by atoms with Crippen molar-refractivity contribution >= 4 is 21.6 Å². The predicted octanol–water partition coefficient (Wildman–Crippen LogP) is 3.06. The summed E-state index contributed by atoms with van der Waals surface area (Å²) in [5, 5.41) is 10.6. The van der Waals surface area contributed by atoms with Crippen LogP contribution in [0.1, 0.15) is 12.5 Å². The monoisotopic (exact) mass is 247 g/mol. The molecule has 3 nitrogen and oxygen atoms in total. The summed E-state index contributed by atoms with van der Waals surface area (Å²) >= 11 is 2.96. The molecule has 0 atom stereocenters. The van der Waals surface area contributed by atoms with Crippen LogP contribution in [-0.2, 0) is 6.42 Å². The van der Waals surface area contributed by atoms with Gasteiger partial charge < -0.3 is 0 Å². The Balaban J connectivity index is 3.38. The number of rotatable bonds is 2. The second-order valence-electron chi connectivity index (χ2n) is 2.51. The van der Waals surface area contributed by atoms with Crippen molar-refractivity contribution in [1.29, 1.82) is 0 Å². The van der Waals surface area contributed by atoms with E-state index in [0.717, 1.165) is 6.07 Å². The van der Waals surface area contributed by atoms with E-state index < -0.39 is 10.7 Å². The van der Waals surface area contributed by atoms with Gasteiger partial charge in [-0.25, -0.2) is 4.39 Å².